The van der Waals surface area contributed by atoms with Gasteiger partial charge in [-0.05, 0) is 31.4 Å². The van der Waals surface area contributed by atoms with E-state index in [9.17, 15) is 0 Å². The zero-order valence-corrected chi connectivity index (χ0v) is 9.96. The molecule has 0 aliphatic heterocycles. The minimum absolute atomic E-state index is 0.279. The van der Waals surface area contributed by atoms with Gasteiger partial charge in [0.05, 0.1) is 0 Å². The summed E-state index contributed by atoms with van der Waals surface area (Å²) in [6, 6.07) is 9.22. The van der Waals surface area contributed by atoms with Crippen LogP contribution in [0.3, 0.4) is 0 Å². The summed E-state index contributed by atoms with van der Waals surface area (Å²) in [5.41, 5.74) is 8.44. The van der Waals surface area contributed by atoms with Gasteiger partial charge >= 0.3 is 0 Å². The molecule has 2 unspecified atom stereocenters. The van der Waals surface area contributed by atoms with Crippen molar-refractivity contribution in [2.75, 3.05) is 6.54 Å². The number of hydrogen-bond donors (Lipinski definition) is 2. The number of nitrogens with one attached hydrogen (secondary N) is 1. The van der Waals surface area contributed by atoms with Crippen LogP contribution in [-0.4, -0.2) is 12.6 Å². The molecular formula is C13H22N2. The highest BCUT2D eigenvalue weighted by molar-refractivity contribution is 5.29. The molecule has 84 valence electrons. The molecule has 2 heteroatoms. The summed E-state index contributed by atoms with van der Waals surface area (Å²) in [7, 11) is 0. The van der Waals surface area contributed by atoms with Gasteiger partial charge in [0, 0.05) is 18.6 Å². The van der Waals surface area contributed by atoms with Crippen molar-refractivity contribution in [3.05, 3.63) is 35.4 Å². The zero-order chi connectivity index (χ0) is 11.3. The Morgan fingerprint density at radius 2 is 2.00 bits per heavy atom. The highest BCUT2D eigenvalue weighted by atomic mass is 15.0. The van der Waals surface area contributed by atoms with Gasteiger partial charge < -0.3 is 11.1 Å². The van der Waals surface area contributed by atoms with Crippen LogP contribution in [-0.2, 0) is 0 Å². The first kappa shape index (κ1) is 12.2. The second-order valence-electron chi connectivity index (χ2n) is 4.12. The van der Waals surface area contributed by atoms with E-state index in [-0.39, 0.29) is 6.04 Å². The quantitative estimate of drug-likeness (QED) is 0.776. The fourth-order valence-corrected chi connectivity index (χ4v) is 1.72. The van der Waals surface area contributed by atoms with Crippen LogP contribution in [0.15, 0.2) is 24.3 Å². The van der Waals surface area contributed by atoms with Crippen molar-refractivity contribution in [2.24, 2.45) is 5.73 Å². The topological polar surface area (TPSA) is 38.0 Å². The third-order valence-corrected chi connectivity index (χ3v) is 2.90. The Morgan fingerprint density at radius 3 is 2.53 bits per heavy atom. The van der Waals surface area contributed by atoms with E-state index < -0.39 is 0 Å². The lowest BCUT2D eigenvalue weighted by Gasteiger charge is -2.23. The Hall–Kier alpha value is -0.860. The van der Waals surface area contributed by atoms with Crippen LogP contribution in [0.2, 0.25) is 0 Å². The van der Waals surface area contributed by atoms with Crippen molar-refractivity contribution in [3.8, 4) is 0 Å². The van der Waals surface area contributed by atoms with Crippen molar-refractivity contribution in [3.63, 3.8) is 0 Å². The van der Waals surface area contributed by atoms with Crippen LogP contribution in [0.25, 0.3) is 0 Å². The normalized spacial score (nSPS) is 14.9. The molecule has 0 amide bonds. The van der Waals surface area contributed by atoms with Gasteiger partial charge in [-0.3, -0.25) is 0 Å². The largest absolute Gasteiger partial charge is 0.329 e. The van der Waals surface area contributed by atoms with Gasteiger partial charge in [-0.25, -0.2) is 0 Å². The molecule has 15 heavy (non-hydrogen) atoms. The molecule has 3 N–H and O–H groups in total. The predicted molar refractivity (Wildman–Crippen MR) is 65.9 cm³/mol. The summed E-state index contributed by atoms with van der Waals surface area (Å²) in [6.45, 7) is 7.16. The minimum Gasteiger partial charge on any atom is -0.329 e. The average molecular weight is 206 g/mol. The Kier molecular flexibility index (Phi) is 4.79. The third kappa shape index (κ3) is 3.33. The van der Waals surface area contributed by atoms with Gasteiger partial charge in [0.2, 0.25) is 0 Å². The number of benzene rings is 1. The van der Waals surface area contributed by atoms with Crippen LogP contribution < -0.4 is 11.1 Å². The highest BCUT2D eigenvalue weighted by Crippen LogP contribution is 2.17. The molecule has 0 bridgehead atoms. The summed E-state index contributed by atoms with van der Waals surface area (Å²) in [5.74, 6) is 0. The van der Waals surface area contributed by atoms with Gasteiger partial charge in [0.25, 0.3) is 0 Å². The van der Waals surface area contributed by atoms with E-state index in [1.165, 1.54) is 11.1 Å². The molecule has 0 aromatic heterocycles. The summed E-state index contributed by atoms with van der Waals surface area (Å²) in [5, 5.41) is 3.55. The second kappa shape index (κ2) is 5.89. The Bertz CT molecular complexity index is 296. The molecule has 0 aliphatic carbocycles. The van der Waals surface area contributed by atoms with E-state index >= 15 is 0 Å². The van der Waals surface area contributed by atoms with Crippen LogP contribution in [0.4, 0.5) is 0 Å². The fraction of sp³-hybridized carbons (Fsp3) is 0.538. The Balaban J connectivity index is 2.78. The van der Waals surface area contributed by atoms with Crippen LogP contribution in [0.1, 0.15) is 37.4 Å². The first-order valence-electron chi connectivity index (χ1n) is 5.70. The molecule has 1 aromatic rings. The molecule has 0 heterocycles. The van der Waals surface area contributed by atoms with Crippen molar-refractivity contribution in [1.29, 1.82) is 0 Å². The molecule has 0 fully saturated rings. The average Bonchev–Trinajstić information content (AvgIpc) is 2.26. The molecular weight excluding hydrogens is 184 g/mol. The second-order valence-corrected chi connectivity index (χ2v) is 4.12. The number of rotatable bonds is 5. The number of nitrogens with two attached hydrogens (primary N) is 1. The fourth-order valence-electron chi connectivity index (χ4n) is 1.72. The van der Waals surface area contributed by atoms with Gasteiger partial charge in [0.1, 0.15) is 0 Å². The molecule has 1 rings (SSSR count). The minimum atomic E-state index is 0.279. The summed E-state index contributed by atoms with van der Waals surface area (Å²) in [6.07, 6.45) is 1.13. The van der Waals surface area contributed by atoms with Crippen molar-refractivity contribution in [1.82, 2.24) is 5.32 Å². The number of hydrogen-bond acceptors (Lipinski definition) is 2. The van der Waals surface area contributed by atoms with Gasteiger partial charge in [-0.2, -0.15) is 0 Å². The lowest BCUT2D eigenvalue weighted by molar-refractivity contribution is 0.450. The lowest BCUT2D eigenvalue weighted by Crippen LogP contribution is -2.34. The van der Waals surface area contributed by atoms with Crippen LogP contribution in [0, 0.1) is 6.92 Å². The van der Waals surface area contributed by atoms with Crippen molar-refractivity contribution >= 4 is 0 Å². The first-order valence-corrected chi connectivity index (χ1v) is 5.70. The summed E-state index contributed by atoms with van der Waals surface area (Å²) >= 11 is 0. The maximum Gasteiger partial charge on any atom is 0.0449 e. The van der Waals surface area contributed by atoms with Gasteiger partial charge in [0.15, 0.2) is 0 Å². The molecule has 0 aliphatic rings. The maximum atomic E-state index is 5.81. The van der Waals surface area contributed by atoms with Gasteiger partial charge in [-0.15, -0.1) is 0 Å². The smallest absolute Gasteiger partial charge is 0.0449 e. The SMILES string of the molecule is CCC(C)NC(CN)c1ccccc1C. The molecule has 2 nitrogen and oxygen atoms in total. The highest BCUT2D eigenvalue weighted by Gasteiger charge is 2.12. The number of aryl methyl sites for hydroxylation is 1. The van der Waals surface area contributed by atoms with E-state index in [1.807, 2.05) is 0 Å². The lowest BCUT2D eigenvalue weighted by atomic mass is 10.0. The van der Waals surface area contributed by atoms with Gasteiger partial charge in [-0.1, -0.05) is 31.2 Å². The first-order chi connectivity index (χ1) is 7.19. The molecule has 0 saturated heterocycles. The molecule has 0 spiro atoms. The van der Waals surface area contributed by atoms with Crippen LogP contribution >= 0.6 is 0 Å². The summed E-state index contributed by atoms with van der Waals surface area (Å²) in [4.78, 5) is 0. The summed E-state index contributed by atoms with van der Waals surface area (Å²) < 4.78 is 0. The standard InChI is InChI=1S/C13H22N2/c1-4-11(3)15-13(9-14)12-8-6-5-7-10(12)2/h5-8,11,13,15H,4,9,14H2,1-3H3. The van der Waals surface area contributed by atoms with E-state index in [0.29, 0.717) is 12.6 Å². The Labute approximate surface area is 92.9 Å². The monoisotopic (exact) mass is 206 g/mol. The zero-order valence-electron chi connectivity index (χ0n) is 9.96. The van der Waals surface area contributed by atoms with E-state index in [2.05, 4.69) is 50.4 Å². The van der Waals surface area contributed by atoms with Crippen molar-refractivity contribution < 1.29 is 0 Å². The Morgan fingerprint density at radius 1 is 1.33 bits per heavy atom. The maximum absolute atomic E-state index is 5.81. The van der Waals surface area contributed by atoms with Crippen LogP contribution in [0.5, 0.6) is 0 Å². The van der Waals surface area contributed by atoms with E-state index in [4.69, 9.17) is 5.73 Å². The third-order valence-electron chi connectivity index (χ3n) is 2.90. The predicted octanol–water partition coefficient (Wildman–Crippen LogP) is 2.38. The molecule has 0 radical (unpaired) electrons. The molecule has 2 atom stereocenters. The molecule has 0 saturated carbocycles. The molecule has 1 aromatic carbocycles. The van der Waals surface area contributed by atoms with E-state index in [0.717, 1.165) is 6.42 Å². The van der Waals surface area contributed by atoms with E-state index in [1.54, 1.807) is 0 Å². The van der Waals surface area contributed by atoms with Crippen molar-refractivity contribution in [2.45, 2.75) is 39.3 Å².